The summed E-state index contributed by atoms with van der Waals surface area (Å²) in [5.74, 6) is 3.32. The Labute approximate surface area is 244 Å². The van der Waals surface area contributed by atoms with Gasteiger partial charge in [-0.05, 0) is 55.3 Å². The van der Waals surface area contributed by atoms with E-state index in [0.29, 0.717) is 49.3 Å². The fourth-order valence-corrected chi connectivity index (χ4v) is 4.85. The molecule has 4 aromatic rings. The highest BCUT2D eigenvalue weighted by Gasteiger charge is 2.23. The van der Waals surface area contributed by atoms with E-state index in [4.69, 9.17) is 23.0 Å². The minimum Gasteiger partial charge on any atom is -0.497 e. The van der Waals surface area contributed by atoms with Gasteiger partial charge in [0.05, 0.1) is 32.9 Å². The molecule has 0 radical (unpaired) electrons. The Balaban J connectivity index is 1.13. The van der Waals surface area contributed by atoms with Gasteiger partial charge in [-0.25, -0.2) is 4.98 Å². The van der Waals surface area contributed by atoms with Gasteiger partial charge in [0.2, 0.25) is 23.0 Å². The average Bonchev–Trinajstić information content (AvgIpc) is 3.20. The number of hydrogen-bond donors (Lipinski definition) is 0. The van der Waals surface area contributed by atoms with Crippen molar-refractivity contribution >= 4 is 5.91 Å². The Morgan fingerprint density at radius 2 is 1.79 bits per heavy atom. The Morgan fingerprint density at radius 3 is 2.55 bits per heavy atom. The van der Waals surface area contributed by atoms with Crippen molar-refractivity contribution in [1.82, 2.24) is 14.8 Å². The fraction of sp³-hybridized carbons (Fsp3) is 0.344. The summed E-state index contributed by atoms with van der Waals surface area (Å²) in [6.07, 6.45) is 2.36. The SMILES string of the molecule is COc1ccc(-c2nc(CC(=O)N3CCCN(Cc4cc(=O)c(OCc5cccc(OC)c5)co4)CC3)c(C)o2)cc1. The van der Waals surface area contributed by atoms with E-state index in [2.05, 4.69) is 9.88 Å². The first-order valence-electron chi connectivity index (χ1n) is 13.9. The van der Waals surface area contributed by atoms with Crippen molar-refractivity contribution in [2.45, 2.75) is 32.9 Å². The van der Waals surface area contributed by atoms with Crippen LogP contribution in [0.25, 0.3) is 11.5 Å². The Bertz CT molecular complexity index is 1560. The summed E-state index contributed by atoms with van der Waals surface area (Å²) < 4.78 is 27.7. The maximum atomic E-state index is 13.2. The van der Waals surface area contributed by atoms with Crippen LogP contribution >= 0.6 is 0 Å². The predicted molar refractivity (Wildman–Crippen MR) is 156 cm³/mol. The summed E-state index contributed by atoms with van der Waals surface area (Å²) in [6, 6.07) is 16.4. The third-order valence-corrected chi connectivity index (χ3v) is 7.25. The van der Waals surface area contributed by atoms with Crippen molar-refractivity contribution < 1.29 is 27.8 Å². The van der Waals surface area contributed by atoms with E-state index >= 15 is 0 Å². The first-order chi connectivity index (χ1) is 20.4. The van der Waals surface area contributed by atoms with Crippen molar-refractivity contribution in [3.05, 3.63) is 93.9 Å². The molecule has 0 atom stereocenters. The third-order valence-electron chi connectivity index (χ3n) is 7.25. The maximum Gasteiger partial charge on any atom is 0.228 e. The molecule has 42 heavy (non-hydrogen) atoms. The number of rotatable bonds is 10. The Kier molecular flexibility index (Phi) is 9.23. The number of hydrogen-bond acceptors (Lipinski definition) is 9. The maximum absolute atomic E-state index is 13.2. The second-order valence-corrected chi connectivity index (χ2v) is 10.2. The van der Waals surface area contributed by atoms with Crippen molar-refractivity contribution in [2.75, 3.05) is 40.4 Å². The van der Waals surface area contributed by atoms with Gasteiger partial charge in [0, 0.05) is 37.8 Å². The summed E-state index contributed by atoms with van der Waals surface area (Å²) >= 11 is 0. The van der Waals surface area contributed by atoms with Crippen LogP contribution in [-0.4, -0.2) is 61.1 Å². The molecule has 1 fully saturated rings. The fourth-order valence-electron chi connectivity index (χ4n) is 4.85. The first-order valence-corrected chi connectivity index (χ1v) is 13.9. The molecule has 0 unspecified atom stereocenters. The summed E-state index contributed by atoms with van der Waals surface area (Å²) in [6.45, 7) is 5.21. The number of carbonyl (C=O) groups excluding carboxylic acids is 1. The monoisotopic (exact) mass is 573 g/mol. The van der Waals surface area contributed by atoms with E-state index in [0.717, 1.165) is 35.6 Å². The van der Waals surface area contributed by atoms with Crippen LogP contribution in [0.2, 0.25) is 0 Å². The lowest BCUT2D eigenvalue weighted by Crippen LogP contribution is -2.36. The molecule has 1 saturated heterocycles. The highest BCUT2D eigenvalue weighted by molar-refractivity contribution is 5.78. The molecule has 1 aliphatic heterocycles. The van der Waals surface area contributed by atoms with Crippen molar-refractivity contribution in [1.29, 1.82) is 0 Å². The van der Waals surface area contributed by atoms with Crippen molar-refractivity contribution in [3.8, 4) is 28.7 Å². The van der Waals surface area contributed by atoms with Crippen LogP contribution in [0.15, 0.2) is 74.5 Å². The highest BCUT2D eigenvalue weighted by Crippen LogP contribution is 2.25. The molecular formula is C32H35N3O7. The van der Waals surface area contributed by atoms with Gasteiger partial charge in [-0.2, -0.15) is 0 Å². The second kappa shape index (κ2) is 13.4. The van der Waals surface area contributed by atoms with E-state index < -0.39 is 0 Å². The molecule has 1 amide bonds. The molecule has 0 N–H and O–H groups in total. The van der Waals surface area contributed by atoms with E-state index in [1.165, 1.54) is 12.3 Å². The molecule has 2 aromatic heterocycles. The number of ether oxygens (including phenoxy) is 3. The highest BCUT2D eigenvalue weighted by atomic mass is 16.5. The molecule has 1 aliphatic rings. The topological polar surface area (TPSA) is 107 Å². The summed E-state index contributed by atoms with van der Waals surface area (Å²) in [7, 11) is 3.22. The van der Waals surface area contributed by atoms with Gasteiger partial charge in [-0.3, -0.25) is 14.5 Å². The van der Waals surface area contributed by atoms with Crippen molar-refractivity contribution in [2.24, 2.45) is 0 Å². The van der Waals surface area contributed by atoms with Gasteiger partial charge in [-0.1, -0.05) is 12.1 Å². The van der Waals surface area contributed by atoms with E-state index in [-0.39, 0.29) is 30.1 Å². The molecule has 2 aromatic carbocycles. The number of amides is 1. The second-order valence-electron chi connectivity index (χ2n) is 10.2. The number of oxazole rings is 1. The zero-order valence-electron chi connectivity index (χ0n) is 24.1. The first kappa shape index (κ1) is 28.9. The lowest BCUT2D eigenvalue weighted by molar-refractivity contribution is -0.130. The molecule has 0 spiro atoms. The van der Waals surface area contributed by atoms with Crippen LogP contribution in [0, 0.1) is 6.92 Å². The molecule has 10 heteroatoms. The lowest BCUT2D eigenvalue weighted by Gasteiger charge is -2.21. The molecule has 0 aliphatic carbocycles. The molecule has 220 valence electrons. The van der Waals surface area contributed by atoms with Crippen LogP contribution in [-0.2, 0) is 24.4 Å². The van der Waals surface area contributed by atoms with Crippen LogP contribution in [0.3, 0.4) is 0 Å². The van der Waals surface area contributed by atoms with Crippen molar-refractivity contribution in [3.63, 3.8) is 0 Å². The summed E-state index contributed by atoms with van der Waals surface area (Å²) in [5, 5.41) is 0. The Hall–Kier alpha value is -4.57. The summed E-state index contributed by atoms with van der Waals surface area (Å²) in [5.41, 5.74) is 2.12. The average molecular weight is 574 g/mol. The van der Waals surface area contributed by atoms with Gasteiger partial charge in [0.1, 0.15) is 35.9 Å². The van der Waals surface area contributed by atoms with E-state index in [1.54, 1.807) is 14.2 Å². The number of benzene rings is 2. The minimum absolute atomic E-state index is 0.0126. The van der Waals surface area contributed by atoms with Crippen LogP contribution in [0.5, 0.6) is 17.2 Å². The van der Waals surface area contributed by atoms with E-state index in [1.807, 2.05) is 60.4 Å². The van der Waals surface area contributed by atoms with Gasteiger partial charge < -0.3 is 27.9 Å². The van der Waals surface area contributed by atoms with Crippen LogP contribution < -0.4 is 19.6 Å². The summed E-state index contributed by atoms with van der Waals surface area (Å²) in [4.78, 5) is 34.5. The largest absolute Gasteiger partial charge is 0.497 e. The lowest BCUT2D eigenvalue weighted by atomic mass is 10.2. The zero-order chi connectivity index (χ0) is 29.5. The smallest absolute Gasteiger partial charge is 0.228 e. The predicted octanol–water partition coefficient (Wildman–Crippen LogP) is 4.48. The van der Waals surface area contributed by atoms with E-state index in [9.17, 15) is 9.59 Å². The Morgan fingerprint density at radius 1 is 0.976 bits per heavy atom. The van der Waals surface area contributed by atoms with Crippen LogP contribution in [0.1, 0.15) is 29.2 Å². The number of methoxy groups -OCH3 is 2. The molecular weight excluding hydrogens is 538 g/mol. The quantitative estimate of drug-likeness (QED) is 0.271. The molecule has 3 heterocycles. The van der Waals surface area contributed by atoms with Gasteiger partial charge in [0.25, 0.3) is 0 Å². The third kappa shape index (κ3) is 7.19. The zero-order valence-corrected chi connectivity index (χ0v) is 24.1. The minimum atomic E-state index is -0.234. The normalized spacial score (nSPS) is 13.9. The van der Waals surface area contributed by atoms with Gasteiger partial charge in [0.15, 0.2) is 0 Å². The van der Waals surface area contributed by atoms with Crippen LogP contribution in [0.4, 0.5) is 0 Å². The number of carbonyl (C=O) groups is 1. The number of nitrogens with zero attached hydrogens (tertiary/aromatic N) is 3. The number of aryl methyl sites for hydroxylation is 1. The van der Waals surface area contributed by atoms with Gasteiger partial charge in [-0.15, -0.1) is 0 Å². The molecule has 0 bridgehead atoms. The standard InChI is InChI=1S/C32H35N3O7/c1-22-28(33-32(42-22)24-8-10-25(38-2)11-9-24)18-31(37)35-13-5-12-34(14-15-35)19-27-17-29(36)30(21-40-27)41-20-23-6-4-7-26(16-23)39-3/h4,6-11,16-17,21H,5,12-15,18-20H2,1-3H3. The molecule has 5 rings (SSSR count). The van der Waals surface area contributed by atoms with Gasteiger partial charge >= 0.3 is 0 Å². The molecule has 10 nitrogen and oxygen atoms in total. The number of aromatic nitrogens is 1. The molecule has 0 saturated carbocycles.